The molecule has 1 aliphatic rings. The average Bonchev–Trinajstić information content (AvgIpc) is 3.11. The number of benzene rings is 2. The van der Waals surface area contributed by atoms with Gasteiger partial charge in [-0.1, -0.05) is 11.3 Å². The van der Waals surface area contributed by atoms with Gasteiger partial charge in [0.05, 0.1) is 34.9 Å². The van der Waals surface area contributed by atoms with Gasteiger partial charge in [0.15, 0.2) is 0 Å². The predicted octanol–water partition coefficient (Wildman–Crippen LogP) is 1.76. The van der Waals surface area contributed by atoms with Gasteiger partial charge < -0.3 is 18.9 Å². The summed E-state index contributed by atoms with van der Waals surface area (Å²) in [5.74, 6) is 0.756. The predicted molar refractivity (Wildman–Crippen MR) is 121 cm³/mol. The topological polar surface area (TPSA) is 98.2 Å². The fraction of sp³-hybridized carbons (Fsp3) is 0.333. The van der Waals surface area contributed by atoms with E-state index in [0.29, 0.717) is 27.3 Å². The molecule has 11 heteroatoms. The van der Waals surface area contributed by atoms with E-state index in [9.17, 15) is 18.0 Å². The molecule has 0 unspecified atom stereocenters. The van der Waals surface area contributed by atoms with Crippen LogP contribution >= 0.6 is 11.3 Å². The van der Waals surface area contributed by atoms with Crippen LogP contribution in [-0.2, 0) is 17.1 Å². The van der Waals surface area contributed by atoms with Crippen molar-refractivity contribution in [3.63, 3.8) is 0 Å². The fourth-order valence-corrected chi connectivity index (χ4v) is 6.14. The van der Waals surface area contributed by atoms with Crippen LogP contribution in [0.5, 0.6) is 11.5 Å². The first-order valence-electron chi connectivity index (χ1n) is 9.87. The highest BCUT2D eigenvalue weighted by atomic mass is 32.2. The van der Waals surface area contributed by atoms with Crippen LogP contribution in [0.4, 0.5) is 0 Å². The number of amides is 1. The SMILES string of the molecule is COc1ccc(C(=O)N2CCN(S(=O)(=O)c3ccc4c(c3)sc(=O)n4C)CC2)c(OC)c1. The van der Waals surface area contributed by atoms with Crippen LogP contribution in [-0.4, -0.2) is 68.5 Å². The standard InChI is InChI=1S/C21H23N3O6S2/c1-22-17-7-5-15(13-19(17)31-21(22)26)32(27,28)24-10-8-23(9-11-24)20(25)16-6-4-14(29-2)12-18(16)30-3/h4-7,12-13H,8-11H2,1-3H3. The van der Waals surface area contributed by atoms with Crippen molar-refractivity contribution in [1.82, 2.24) is 13.8 Å². The lowest BCUT2D eigenvalue weighted by molar-refractivity contribution is 0.0694. The van der Waals surface area contributed by atoms with Crippen LogP contribution in [0.15, 0.2) is 46.1 Å². The molecule has 1 amide bonds. The minimum absolute atomic E-state index is 0.142. The van der Waals surface area contributed by atoms with Crippen molar-refractivity contribution < 1.29 is 22.7 Å². The van der Waals surface area contributed by atoms with E-state index < -0.39 is 10.0 Å². The molecule has 0 spiro atoms. The largest absolute Gasteiger partial charge is 0.497 e. The molecule has 3 aromatic rings. The third-order valence-electron chi connectivity index (χ3n) is 5.57. The van der Waals surface area contributed by atoms with Crippen LogP contribution in [0.25, 0.3) is 10.2 Å². The van der Waals surface area contributed by atoms with Crippen molar-refractivity contribution in [2.24, 2.45) is 7.05 Å². The number of carbonyl (C=O) groups excluding carboxylic acids is 1. The molecule has 1 fully saturated rings. The Balaban J connectivity index is 1.51. The third-order valence-corrected chi connectivity index (χ3v) is 8.46. The molecule has 32 heavy (non-hydrogen) atoms. The highest BCUT2D eigenvalue weighted by molar-refractivity contribution is 7.89. The highest BCUT2D eigenvalue weighted by Gasteiger charge is 2.31. The van der Waals surface area contributed by atoms with Crippen molar-refractivity contribution in [2.75, 3.05) is 40.4 Å². The molecule has 170 valence electrons. The Morgan fingerprint density at radius 3 is 2.38 bits per heavy atom. The molecule has 9 nitrogen and oxygen atoms in total. The third kappa shape index (κ3) is 3.87. The van der Waals surface area contributed by atoms with Crippen molar-refractivity contribution >= 4 is 37.5 Å². The van der Waals surface area contributed by atoms with Crippen LogP contribution in [0, 0.1) is 0 Å². The van der Waals surface area contributed by atoms with Gasteiger partial charge >= 0.3 is 4.87 Å². The van der Waals surface area contributed by atoms with Gasteiger partial charge in [-0.15, -0.1) is 0 Å². The maximum atomic E-state index is 13.1. The molecular weight excluding hydrogens is 454 g/mol. The second-order valence-electron chi connectivity index (χ2n) is 7.32. The number of aryl methyl sites for hydroxylation is 1. The molecule has 0 aliphatic carbocycles. The highest BCUT2D eigenvalue weighted by Crippen LogP contribution is 2.27. The smallest absolute Gasteiger partial charge is 0.307 e. The molecule has 0 radical (unpaired) electrons. The Kier molecular flexibility index (Phi) is 5.97. The Morgan fingerprint density at radius 2 is 1.72 bits per heavy atom. The number of aromatic nitrogens is 1. The average molecular weight is 478 g/mol. The number of thiazole rings is 1. The number of ether oxygens (including phenoxy) is 2. The van der Waals surface area contributed by atoms with E-state index in [2.05, 4.69) is 0 Å². The Morgan fingerprint density at radius 1 is 1.00 bits per heavy atom. The number of methoxy groups -OCH3 is 2. The summed E-state index contributed by atoms with van der Waals surface area (Å²) in [6.45, 7) is 0.869. The molecule has 1 aromatic heterocycles. The first-order valence-corrected chi connectivity index (χ1v) is 12.1. The molecule has 2 heterocycles. The number of carbonyl (C=O) groups is 1. The molecule has 1 saturated heterocycles. The monoisotopic (exact) mass is 477 g/mol. The van der Waals surface area contributed by atoms with Crippen LogP contribution < -0.4 is 14.3 Å². The number of piperazine rings is 1. The summed E-state index contributed by atoms with van der Waals surface area (Å²) in [5, 5.41) is 0. The Hall–Kier alpha value is -2.89. The lowest BCUT2D eigenvalue weighted by Gasteiger charge is -2.34. The van der Waals surface area contributed by atoms with Gasteiger partial charge in [0.2, 0.25) is 10.0 Å². The van der Waals surface area contributed by atoms with E-state index >= 15 is 0 Å². The maximum absolute atomic E-state index is 13.1. The number of hydrogen-bond donors (Lipinski definition) is 0. The van der Waals surface area contributed by atoms with Crippen molar-refractivity contribution in [3.05, 3.63) is 51.6 Å². The van der Waals surface area contributed by atoms with Crippen molar-refractivity contribution in [2.45, 2.75) is 4.90 Å². The lowest BCUT2D eigenvalue weighted by atomic mass is 10.1. The zero-order chi connectivity index (χ0) is 23.0. The van der Waals surface area contributed by atoms with Gasteiger partial charge in [-0.2, -0.15) is 4.31 Å². The quantitative estimate of drug-likeness (QED) is 0.556. The molecule has 0 atom stereocenters. The number of fused-ring (bicyclic) bond motifs is 1. The summed E-state index contributed by atoms with van der Waals surface area (Å²) < 4.78 is 40.3. The van der Waals surface area contributed by atoms with Gasteiger partial charge in [-0.25, -0.2) is 8.42 Å². The second kappa shape index (κ2) is 8.57. The molecule has 4 rings (SSSR count). The number of nitrogens with zero attached hydrogens (tertiary/aromatic N) is 3. The Bertz CT molecular complexity index is 1340. The van der Waals surface area contributed by atoms with Crippen molar-refractivity contribution in [1.29, 1.82) is 0 Å². The maximum Gasteiger partial charge on any atom is 0.307 e. The van der Waals surface area contributed by atoms with Crippen LogP contribution in [0.1, 0.15) is 10.4 Å². The molecule has 2 aromatic carbocycles. The summed E-state index contributed by atoms with van der Waals surface area (Å²) in [5.41, 5.74) is 1.09. The zero-order valence-corrected chi connectivity index (χ0v) is 19.5. The number of rotatable bonds is 5. The molecule has 0 bridgehead atoms. The minimum atomic E-state index is -3.74. The second-order valence-corrected chi connectivity index (χ2v) is 10.3. The molecule has 0 saturated carbocycles. The van der Waals surface area contributed by atoms with E-state index in [4.69, 9.17) is 9.47 Å². The van der Waals surface area contributed by atoms with Crippen molar-refractivity contribution in [3.8, 4) is 11.5 Å². The summed E-state index contributed by atoms with van der Waals surface area (Å²) in [6, 6.07) is 9.67. The van der Waals surface area contributed by atoms with E-state index in [1.807, 2.05) is 0 Å². The minimum Gasteiger partial charge on any atom is -0.497 e. The van der Waals surface area contributed by atoms with Gasteiger partial charge in [-0.3, -0.25) is 9.59 Å². The summed E-state index contributed by atoms with van der Waals surface area (Å²) in [6.07, 6.45) is 0. The van der Waals surface area contributed by atoms with Crippen LogP contribution in [0.3, 0.4) is 0 Å². The zero-order valence-electron chi connectivity index (χ0n) is 17.9. The van der Waals surface area contributed by atoms with E-state index in [1.54, 1.807) is 36.2 Å². The van der Waals surface area contributed by atoms with Gasteiger partial charge in [0.25, 0.3) is 5.91 Å². The van der Waals surface area contributed by atoms with E-state index in [0.717, 1.165) is 11.3 Å². The molecule has 1 aliphatic heterocycles. The van der Waals surface area contributed by atoms with E-state index in [-0.39, 0.29) is 41.9 Å². The first-order chi connectivity index (χ1) is 15.3. The number of hydrogen-bond acceptors (Lipinski definition) is 7. The molecule has 0 N–H and O–H groups in total. The normalized spacial score (nSPS) is 15.2. The van der Waals surface area contributed by atoms with Gasteiger partial charge in [0, 0.05) is 39.3 Å². The number of sulfonamides is 1. The Labute approximate surface area is 189 Å². The molecular formula is C21H23N3O6S2. The van der Waals surface area contributed by atoms with Crippen LogP contribution in [0.2, 0.25) is 0 Å². The van der Waals surface area contributed by atoms with E-state index in [1.165, 1.54) is 35.2 Å². The lowest BCUT2D eigenvalue weighted by Crippen LogP contribution is -2.50. The summed E-state index contributed by atoms with van der Waals surface area (Å²) in [4.78, 5) is 26.5. The fourth-order valence-electron chi connectivity index (χ4n) is 3.70. The summed E-state index contributed by atoms with van der Waals surface area (Å²) >= 11 is 1.01. The van der Waals surface area contributed by atoms with Gasteiger partial charge in [0.1, 0.15) is 11.5 Å². The first kappa shape index (κ1) is 22.3. The van der Waals surface area contributed by atoms with Gasteiger partial charge in [-0.05, 0) is 30.3 Å². The summed E-state index contributed by atoms with van der Waals surface area (Å²) in [7, 11) is 0.929.